The van der Waals surface area contributed by atoms with Gasteiger partial charge in [-0.25, -0.2) is 0 Å². The van der Waals surface area contributed by atoms with Crippen molar-refractivity contribution in [3.05, 3.63) is 86.7 Å². The molecule has 0 spiro atoms. The fraction of sp³-hybridized carbons (Fsp3) is 0.111. The minimum atomic E-state index is -0.676. The molecule has 2 aliphatic carbocycles. The molecular formula is C18H15Cl2PZr. The molecule has 0 amide bonds. The van der Waals surface area contributed by atoms with E-state index in [9.17, 15) is 0 Å². The smallest absolute Gasteiger partial charge is 1.00 e. The first kappa shape index (κ1) is 18.0. The average Bonchev–Trinajstić information content (AvgIpc) is 3.20. The molecular weight excluding hydrogens is 409 g/mol. The van der Waals surface area contributed by atoms with Gasteiger partial charge in [0.25, 0.3) is 0 Å². The number of hydrogen-bond acceptors (Lipinski definition) is 0. The van der Waals surface area contributed by atoms with Crippen LogP contribution in [0.2, 0.25) is 0 Å². The quantitative estimate of drug-likeness (QED) is 0.614. The molecule has 1 unspecified atom stereocenters. The van der Waals surface area contributed by atoms with E-state index in [1.807, 2.05) is 0 Å². The van der Waals surface area contributed by atoms with Gasteiger partial charge in [-0.05, 0) is 0 Å². The molecule has 1 atom stereocenters. The van der Waals surface area contributed by atoms with Crippen LogP contribution >= 0.6 is 7.53 Å². The number of allylic oxidation sites excluding steroid dienone is 5. The van der Waals surface area contributed by atoms with Crippen LogP contribution in [0, 0.1) is 0 Å². The third-order valence-corrected chi connectivity index (χ3v) is 12.5. The molecule has 22 heavy (non-hydrogen) atoms. The minimum absolute atomic E-state index is 0. The third-order valence-electron chi connectivity index (χ3n) is 4.01. The summed E-state index contributed by atoms with van der Waals surface area (Å²) >= 11 is -0.676. The van der Waals surface area contributed by atoms with Gasteiger partial charge in [-0.2, -0.15) is 0 Å². The Hall–Kier alpha value is -0.317. The maximum atomic E-state index is 2.54. The Bertz CT molecular complexity index is 731. The van der Waals surface area contributed by atoms with E-state index in [1.54, 1.807) is 8.84 Å². The largest absolute Gasteiger partial charge is 1.00 e. The minimum Gasteiger partial charge on any atom is -1.00 e. The van der Waals surface area contributed by atoms with E-state index in [4.69, 9.17) is 0 Å². The van der Waals surface area contributed by atoms with Gasteiger partial charge < -0.3 is 24.8 Å². The van der Waals surface area contributed by atoms with Gasteiger partial charge in [-0.1, -0.05) is 0 Å². The summed E-state index contributed by atoms with van der Waals surface area (Å²) < 4.78 is 2.07. The first-order chi connectivity index (χ1) is 9.88. The Morgan fingerprint density at radius 3 is 2.50 bits per heavy atom. The molecule has 2 aliphatic rings. The summed E-state index contributed by atoms with van der Waals surface area (Å²) in [7, 11) is -0.174. The van der Waals surface area contributed by atoms with E-state index >= 15 is 0 Å². The van der Waals surface area contributed by atoms with Gasteiger partial charge in [0.2, 0.25) is 0 Å². The van der Waals surface area contributed by atoms with Gasteiger partial charge in [0.1, 0.15) is 0 Å². The summed E-state index contributed by atoms with van der Waals surface area (Å²) in [6.45, 7) is 0. The second-order valence-electron chi connectivity index (χ2n) is 5.23. The Kier molecular flexibility index (Phi) is 6.15. The molecule has 2 aromatic rings. The van der Waals surface area contributed by atoms with Gasteiger partial charge in [0.15, 0.2) is 0 Å². The summed E-state index contributed by atoms with van der Waals surface area (Å²) in [6.07, 6.45) is 13.0. The first-order valence-electron chi connectivity index (χ1n) is 6.95. The van der Waals surface area contributed by atoms with Gasteiger partial charge in [0.05, 0.1) is 0 Å². The molecule has 1 aromatic heterocycles. The van der Waals surface area contributed by atoms with Crippen LogP contribution in [0.3, 0.4) is 0 Å². The van der Waals surface area contributed by atoms with Crippen LogP contribution in [0.5, 0.6) is 0 Å². The summed E-state index contributed by atoms with van der Waals surface area (Å²) in [5.41, 5.74) is 3.03. The van der Waals surface area contributed by atoms with E-state index in [2.05, 4.69) is 78.4 Å². The van der Waals surface area contributed by atoms with Crippen molar-refractivity contribution in [2.45, 2.75) is 9.28 Å². The van der Waals surface area contributed by atoms with Crippen LogP contribution in [0.15, 0.2) is 75.6 Å². The van der Waals surface area contributed by atoms with Gasteiger partial charge in [-0.3, -0.25) is 0 Å². The molecule has 0 saturated heterocycles. The molecule has 1 aromatic carbocycles. The molecule has 0 fully saturated rings. The van der Waals surface area contributed by atoms with Crippen molar-refractivity contribution in [3.63, 3.8) is 0 Å². The second kappa shape index (κ2) is 7.50. The Morgan fingerprint density at radius 1 is 1.00 bits per heavy atom. The second-order valence-corrected chi connectivity index (χ2v) is 12.5. The molecule has 4 heteroatoms. The molecule has 4 rings (SSSR count). The maximum absolute atomic E-state index is 2.54. The fourth-order valence-electron chi connectivity index (χ4n) is 3.04. The molecule has 110 valence electrons. The molecule has 0 saturated carbocycles. The number of benzene rings is 1. The number of rotatable bonds is 3. The molecule has 0 aliphatic heterocycles. The molecule has 1 heterocycles. The summed E-state index contributed by atoms with van der Waals surface area (Å²) in [5.74, 6) is 4.90. The Labute approximate surface area is 156 Å². The van der Waals surface area contributed by atoms with Crippen molar-refractivity contribution in [1.29, 1.82) is 0 Å². The first-order valence-corrected chi connectivity index (χ1v) is 10.9. The molecule has 0 N–H and O–H groups in total. The van der Waals surface area contributed by atoms with E-state index < -0.39 is 23.2 Å². The van der Waals surface area contributed by atoms with Crippen LogP contribution in [0.1, 0.15) is 17.5 Å². The molecule has 0 bridgehead atoms. The van der Waals surface area contributed by atoms with Crippen LogP contribution in [-0.2, 0) is 26.1 Å². The third kappa shape index (κ3) is 3.02. The number of hydrogen-bond donors (Lipinski definition) is 0. The zero-order valence-electron chi connectivity index (χ0n) is 11.9. The van der Waals surface area contributed by atoms with Crippen LogP contribution < -0.4 is 24.8 Å². The van der Waals surface area contributed by atoms with Crippen molar-refractivity contribution in [3.8, 4) is 0 Å². The summed E-state index contributed by atoms with van der Waals surface area (Å²) in [6, 6.07) is 13.5. The van der Waals surface area contributed by atoms with Gasteiger partial charge >= 0.3 is 133 Å². The van der Waals surface area contributed by atoms with Crippen molar-refractivity contribution < 1.29 is 48.0 Å². The monoisotopic (exact) mass is 422 g/mol. The maximum Gasteiger partial charge on any atom is -1.00 e. The topological polar surface area (TPSA) is 0 Å². The molecule has 0 nitrogen and oxygen atoms in total. The van der Waals surface area contributed by atoms with Crippen molar-refractivity contribution >= 4 is 13.6 Å². The van der Waals surface area contributed by atoms with E-state index in [-0.39, 0.29) is 32.3 Å². The predicted molar refractivity (Wildman–Crippen MR) is 83.5 cm³/mol. The Morgan fingerprint density at radius 2 is 1.77 bits per heavy atom. The fourth-order valence-corrected chi connectivity index (χ4v) is 11.4. The van der Waals surface area contributed by atoms with Crippen molar-refractivity contribution in [2.75, 3.05) is 0 Å². The zero-order chi connectivity index (χ0) is 13.4. The normalized spacial score (nSPS) is 20.6. The number of halogens is 2. The summed E-state index contributed by atoms with van der Waals surface area (Å²) in [5, 5.41) is 0. The SMILES string of the molecule is C1=CC[C]([Zr+2][C]2(p3cccc3)C=Cc3ccccc32)=C1.[Cl-].[Cl-]. The zero-order valence-corrected chi connectivity index (χ0v) is 16.8. The Balaban J connectivity index is 0.000000882. The number of fused-ring (bicyclic) bond motifs is 1. The van der Waals surface area contributed by atoms with E-state index in [0.717, 1.165) is 0 Å². The van der Waals surface area contributed by atoms with E-state index in [0.29, 0.717) is 2.86 Å². The van der Waals surface area contributed by atoms with E-state index in [1.165, 1.54) is 12.0 Å². The van der Waals surface area contributed by atoms with Gasteiger partial charge in [-0.15, -0.1) is 0 Å². The standard InChI is InChI=1S/C13H10P.C5H5.2ClH.Zr/c1-2-6-12-11(5-1)7-8-13(12)14-9-3-4-10-14;1-2-4-5-3-1;;;/h1-10H;1-3H,4H2;2*1H;/q;;;;+2/p-2. The molecule has 0 radical (unpaired) electrons. The summed E-state index contributed by atoms with van der Waals surface area (Å²) in [4.78, 5) is 0. The average molecular weight is 424 g/mol. The van der Waals surface area contributed by atoms with Crippen molar-refractivity contribution in [1.82, 2.24) is 0 Å². The van der Waals surface area contributed by atoms with Crippen LogP contribution in [0.25, 0.3) is 6.08 Å². The van der Waals surface area contributed by atoms with Gasteiger partial charge in [0, 0.05) is 0 Å². The van der Waals surface area contributed by atoms with Crippen LogP contribution in [0.4, 0.5) is 0 Å². The van der Waals surface area contributed by atoms with Crippen LogP contribution in [-0.4, -0.2) is 0 Å². The predicted octanol–water partition coefficient (Wildman–Crippen LogP) is -0.665. The van der Waals surface area contributed by atoms with Crippen molar-refractivity contribution in [2.24, 2.45) is 0 Å².